The smallest absolute Gasteiger partial charge is 0.227 e. The van der Waals surface area contributed by atoms with Crippen LogP contribution in [0.15, 0.2) is 103 Å². The van der Waals surface area contributed by atoms with Crippen LogP contribution in [-0.4, -0.2) is 16.2 Å². The molecule has 5 rings (SSSR count). The Morgan fingerprint density at radius 2 is 1.45 bits per heavy atom. The first kappa shape index (κ1) is 22.3. The van der Waals surface area contributed by atoms with E-state index in [1.54, 1.807) is 0 Å². The van der Waals surface area contributed by atoms with Crippen molar-refractivity contribution < 1.29 is 31.8 Å². The summed E-state index contributed by atoms with van der Waals surface area (Å²) in [7, 11) is 0. The maximum absolute atomic E-state index is 12.8. The zero-order valence-electron chi connectivity index (χ0n) is 16.7. The van der Waals surface area contributed by atoms with Crippen molar-refractivity contribution in [1.29, 1.82) is 0 Å². The molecule has 0 aliphatic carbocycles. The summed E-state index contributed by atoms with van der Waals surface area (Å²) in [5.41, 5.74) is 4.61. The lowest BCUT2D eigenvalue weighted by molar-refractivity contribution is -0.656. The van der Waals surface area contributed by atoms with Crippen LogP contribution in [0.2, 0.25) is 0 Å². The Morgan fingerprint density at radius 1 is 0.774 bits per heavy atom. The van der Waals surface area contributed by atoms with E-state index in [4.69, 9.17) is 4.98 Å². The van der Waals surface area contributed by atoms with E-state index in [9.17, 15) is 4.79 Å². The number of pyridine rings is 2. The number of ketones is 1. The van der Waals surface area contributed by atoms with Crippen LogP contribution in [0.1, 0.15) is 10.4 Å². The van der Waals surface area contributed by atoms with E-state index in [1.165, 1.54) is 0 Å². The van der Waals surface area contributed by atoms with Gasteiger partial charge in [-0.15, -0.1) is 0 Å². The molecule has 0 saturated carbocycles. The second kappa shape index (κ2) is 9.60. The van der Waals surface area contributed by atoms with Crippen LogP contribution in [0, 0.1) is 0 Å². The minimum Gasteiger partial charge on any atom is -1.00 e. The largest absolute Gasteiger partial charge is 1.00 e. The van der Waals surface area contributed by atoms with Gasteiger partial charge in [-0.3, -0.25) is 4.79 Å². The number of hydrogen-bond acceptors (Lipinski definition) is 2. The number of Topliss-reactive ketones (excluding diaryl/α,β-unsaturated/α-hetero) is 1. The molecule has 154 valence electrons. The summed E-state index contributed by atoms with van der Waals surface area (Å²) < 4.78 is 2.02. The van der Waals surface area contributed by atoms with Crippen LogP contribution in [0.4, 0.5) is 0 Å². The predicted octanol–water partition coefficient (Wildman–Crippen LogP) is 1.40. The molecule has 0 aliphatic rings. The lowest BCUT2D eigenvalue weighted by atomic mass is 10.1. The second-order valence-electron chi connectivity index (χ2n) is 7.09. The highest BCUT2D eigenvalue weighted by Gasteiger charge is 2.18. The molecule has 2 aromatic heterocycles. The Balaban J connectivity index is 0.00000136. The van der Waals surface area contributed by atoms with Crippen molar-refractivity contribution >= 4 is 27.6 Å². The first-order valence-electron chi connectivity index (χ1n) is 9.65. The Bertz CT molecular complexity index is 1350. The maximum Gasteiger partial charge on any atom is 0.227 e. The van der Waals surface area contributed by atoms with Crippen LogP contribution < -0.4 is 21.5 Å². The molecular formula is C26H21BrN2O2. The fourth-order valence-corrected chi connectivity index (χ4v) is 3.68. The van der Waals surface area contributed by atoms with Crippen LogP contribution in [0.5, 0.6) is 0 Å². The fraction of sp³-hybridized carbons (Fsp3) is 0.0385. The van der Waals surface area contributed by atoms with Gasteiger partial charge in [0.1, 0.15) is 0 Å². The third kappa shape index (κ3) is 4.53. The summed E-state index contributed by atoms with van der Waals surface area (Å²) in [5, 5.41) is 2.20. The van der Waals surface area contributed by atoms with Gasteiger partial charge in [-0.2, -0.15) is 4.57 Å². The van der Waals surface area contributed by atoms with Gasteiger partial charge in [0.2, 0.25) is 17.8 Å². The summed E-state index contributed by atoms with van der Waals surface area (Å²) in [4.78, 5) is 17.7. The van der Waals surface area contributed by atoms with E-state index < -0.39 is 0 Å². The van der Waals surface area contributed by atoms with Crippen molar-refractivity contribution in [3.63, 3.8) is 0 Å². The molecule has 5 aromatic rings. The van der Waals surface area contributed by atoms with E-state index in [1.807, 2.05) is 83.6 Å². The third-order valence-electron chi connectivity index (χ3n) is 5.16. The molecule has 4 nitrogen and oxygen atoms in total. The molecule has 0 aliphatic heterocycles. The molecule has 0 radical (unpaired) electrons. The summed E-state index contributed by atoms with van der Waals surface area (Å²) in [6, 6.07) is 31.9. The van der Waals surface area contributed by atoms with Gasteiger partial charge < -0.3 is 22.5 Å². The monoisotopic (exact) mass is 472 g/mol. The zero-order chi connectivity index (χ0) is 19.6. The molecule has 0 saturated heterocycles. The van der Waals surface area contributed by atoms with Crippen LogP contribution in [0.25, 0.3) is 33.1 Å². The van der Waals surface area contributed by atoms with Crippen molar-refractivity contribution in [3.8, 4) is 11.3 Å². The van der Waals surface area contributed by atoms with Crippen molar-refractivity contribution in [3.05, 3.63) is 109 Å². The molecule has 31 heavy (non-hydrogen) atoms. The predicted molar refractivity (Wildman–Crippen MR) is 119 cm³/mol. The van der Waals surface area contributed by atoms with Crippen molar-refractivity contribution in [2.75, 3.05) is 0 Å². The van der Waals surface area contributed by atoms with E-state index in [0.29, 0.717) is 0 Å². The molecule has 2 N–H and O–H groups in total. The molecule has 0 spiro atoms. The van der Waals surface area contributed by atoms with Crippen LogP contribution in [-0.2, 0) is 6.54 Å². The Labute approximate surface area is 190 Å². The van der Waals surface area contributed by atoms with Crippen LogP contribution >= 0.6 is 0 Å². The highest BCUT2D eigenvalue weighted by atomic mass is 79.9. The van der Waals surface area contributed by atoms with Crippen molar-refractivity contribution in [2.45, 2.75) is 6.54 Å². The number of nitrogens with zero attached hydrogens (tertiary/aromatic N) is 2. The van der Waals surface area contributed by atoms with Gasteiger partial charge in [-0.25, -0.2) is 4.98 Å². The summed E-state index contributed by atoms with van der Waals surface area (Å²) in [6.07, 6.45) is 2.03. The van der Waals surface area contributed by atoms with Gasteiger partial charge in [0.15, 0.2) is 6.20 Å². The Morgan fingerprint density at radius 3 is 2.26 bits per heavy atom. The first-order valence-corrected chi connectivity index (χ1v) is 9.65. The molecule has 0 atom stereocenters. The lowest BCUT2D eigenvalue weighted by Crippen LogP contribution is -3.00. The van der Waals surface area contributed by atoms with E-state index in [2.05, 4.69) is 24.3 Å². The number of carbonyl (C=O) groups is 1. The van der Waals surface area contributed by atoms with E-state index in [0.717, 1.165) is 38.6 Å². The molecule has 3 aromatic carbocycles. The highest BCUT2D eigenvalue weighted by Crippen LogP contribution is 2.23. The second-order valence-corrected chi connectivity index (χ2v) is 7.09. The van der Waals surface area contributed by atoms with Crippen LogP contribution in [0.3, 0.4) is 0 Å². The molecule has 5 heteroatoms. The van der Waals surface area contributed by atoms with Gasteiger partial charge in [0.05, 0.1) is 16.8 Å². The van der Waals surface area contributed by atoms with E-state index >= 15 is 0 Å². The van der Waals surface area contributed by atoms with E-state index in [-0.39, 0.29) is 34.8 Å². The number of para-hydroxylation sites is 2. The SMILES string of the molecule is O.O=C(C[n+]1cc(-c2ccc3ccccc3n2)cc2ccccc21)c1ccccc1.[Br-]. The normalized spacial score (nSPS) is 10.3. The van der Waals surface area contributed by atoms with Gasteiger partial charge in [-0.1, -0.05) is 66.7 Å². The van der Waals surface area contributed by atoms with Crippen molar-refractivity contribution in [1.82, 2.24) is 4.98 Å². The number of benzene rings is 3. The molecule has 2 heterocycles. The van der Waals surface area contributed by atoms with Gasteiger partial charge in [-0.05, 0) is 24.3 Å². The van der Waals surface area contributed by atoms with Gasteiger partial charge in [0.25, 0.3) is 0 Å². The zero-order valence-corrected chi connectivity index (χ0v) is 18.3. The average molecular weight is 473 g/mol. The maximum atomic E-state index is 12.8. The Hall–Kier alpha value is -3.41. The van der Waals surface area contributed by atoms with Gasteiger partial charge >= 0.3 is 0 Å². The quantitative estimate of drug-likeness (QED) is 0.293. The topological polar surface area (TPSA) is 65.3 Å². The minimum absolute atomic E-state index is 0. The number of carbonyl (C=O) groups excluding carboxylic acids is 1. The minimum atomic E-state index is 0. The number of fused-ring (bicyclic) bond motifs is 2. The number of rotatable bonds is 4. The number of halogens is 1. The molecule has 0 fully saturated rings. The number of hydrogen-bond donors (Lipinski definition) is 0. The average Bonchev–Trinajstić information content (AvgIpc) is 2.79. The summed E-state index contributed by atoms with van der Waals surface area (Å²) >= 11 is 0. The summed E-state index contributed by atoms with van der Waals surface area (Å²) in [6.45, 7) is 0.284. The standard InChI is InChI=1S/C26H19N2O.BrH.H2O/c29-26(20-9-2-1-3-10-20)18-28-17-22(16-21-11-5-7-13-25(21)28)24-15-14-19-8-4-6-12-23(19)27-24;;/h1-17H,18H2;1H;1H2/q+1;;/p-1. The number of aromatic nitrogens is 2. The highest BCUT2D eigenvalue weighted by molar-refractivity contribution is 5.95. The Kier molecular flexibility index (Phi) is 6.90. The molecule has 0 unspecified atom stereocenters. The third-order valence-corrected chi connectivity index (χ3v) is 5.16. The summed E-state index contributed by atoms with van der Waals surface area (Å²) in [5.74, 6) is 0.0874. The first-order chi connectivity index (χ1) is 14.3. The molecule has 0 bridgehead atoms. The lowest BCUT2D eigenvalue weighted by Gasteiger charge is -2.06. The fourth-order valence-electron chi connectivity index (χ4n) is 3.68. The van der Waals surface area contributed by atoms with Gasteiger partial charge in [0, 0.05) is 22.4 Å². The molecule has 0 amide bonds. The van der Waals surface area contributed by atoms with Crippen molar-refractivity contribution in [2.24, 2.45) is 0 Å². The molecular weight excluding hydrogens is 452 g/mol.